The minimum absolute atomic E-state index is 0.246. The Hall–Kier alpha value is -1.88. The van der Waals surface area contributed by atoms with Gasteiger partial charge in [-0.15, -0.1) is 0 Å². The summed E-state index contributed by atoms with van der Waals surface area (Å²) in [6.45, 7) is 1.81. The molecule has 1 aliphatic rings. The zero-order valence-corrected chi connectivity index (χ0v) is 9.86. The average Bonchev–Trinajstić information content (AvgIpc) is 2.54. The van der Waals surface area contributed by atoms with Crippen molar-refractivity contribution in [3.8, 4) is 0 Å². The van der Waals surface area contributed by atoms with Crippen LogP contribution < -0.4 is 0 Å². The number of rotatable bonds is 2. The van der Waals surface area contributed by atoms with Crippen molar-refractivity contribution >= 4 is 21.4 Å². The number of benzene rings is 1. The second kappa shape index (κ2) is 3.85. The lowest BCUT2D eigenvalue weighted by atomic mass is 10.0. The SMILES string of the molecule is Cc1ccccc1C1=C(C(=O)O)S(=O)(=O)C=C1. The molecule has 4 nitrogen and oxygen atoms in total. The summed E-state index contributed by atoms with van der Waals surface area (Å²) in [6.07, 6.45) is 1.33. The van der Waals surface area contributed by atoms with E-state index in [1.165, 1.54) is 6.08 Å². The molecule has 0 fully saturated rings. The van der Waals surface area contributed by atoms with E-state index in [-0.39, 0.29) is 5.57 Å². The van der Waals surface area contributed by atoms with Crippen LogP contribution >= 0.6 is 0 Å². The lowest BCUT2D eigenvalue weighted by Gasteiger charge is -2.06. The van der Waals surface area contributed by atoms with E-state index in [0.717, 1.165) is 11.0 Å². The molecule has 0 radical (unpaired) electrons. The Kier molecular flexibility index (Phi) is 2.63. The van der Waals surface area contributed by atoms with Gasteiger partial charge in [0.25, 0.3) is 0 Å². The normalized spacial score (nSPS) is 17.5. The number of carbonyl (C=O) groups is 1. The number of aryl methyl sites for hydroxylation is 1. The Balaban J connectivity index is 2.75. The van der Waals surface area contributed by atoms with Crippen molar-refractivity contribution in [1.29, 1.82) is 0 Å². The van der Waals surface area contributed by atoms with Crippen LogP contribution in [-0.4, -0.2) is 19.5 Å². The molecule has 0 atom stereocenters. The minimum Gasteiger partial charge on any atom is -0.477 e. The zero-order chi connectivity index (χ0) is 12.6. The molecule has 5 heteroatoms. The van der Waals surface area contributed by atoms with Crippen molar-refractivity contribution in [1.82, 2.24) is 0 Å². The quantitative estimate of drug-likeness (QED) is 0.867. The summed E-state index contributed by atoms with van der Waals surface area (Å²) in [5.41, 5.74) is 1.71. The lowest BCUT2D eigenvalue weighted by Crippen LogP contribution is -2.09. The van der Waals surface area contributed by atoms with Crippen molar-refractivity contribution in [3.05, 3.63) is 51.8 Å². The Morgan fingerprint density at radius 3 is 2.47 bits per heavy atom. The first-order chi connectivity index (χ1) is 7.93. The third-order valence-electron chi connectivity index (χ3n) is 2.57. The van der Waals surface area contributed by atoms with Crippen LogP contribution in [0.5, 0.6) is 0 Å². The molecule has 0 saturated heterocycles. The van der Waals surface area contributed by atoms with Crippen LogP contribution in [0.2, 0.25) is 0 Å². The Bertz CT molecular complexity index is 651. The molecule has 1 N–H and O–H groups in total. The second-order valence-corrected chi connectivity index (χ2v) is 5.48. The standard InChI is InChI=1S/C12H10O4S/c1-8-4-2-3-5-9(8)10-6-7-17(15,16)11(10)12(13)14/h2-7H,1H3,(H,13,14). The van der Waals surface area contributed by atoms with Crippen LogP contribution in [0.3, 0.4) is 0 Å². The predicted octanol–water partition coefficient (Wildman–Crippen LogP) is 1.73. The first kappa shape index (κ1) is 11.6. The van der Waals surface area contributed by atoms with Crippen LogP contribution in [0.1, 0.15) is 11.1 Å². The highest BCUT2D eigenvalue weighted by atomic mass is 32.2. The number of carboxylic acid groups (broad SMARTS) is 1. The minimum atomic E-state index is -3.80. The number of allylic oxidation sites excluding steroid dienone is 2. The highest BCUT2D eigenvalue weighted by Crippen LogP contribution is 2.32. The molecule has 1 aliphatic heterocycles. The average molecular weight is 250 g/mol. The van der Waals surface area contributed by atoms with Gasteiger partial charge >= 0.3 is 5.97 Å². The van der Waals surface area contributed by atoms with Gasteiger partial charge in [-0.05, 0) is 24.1 Å². The van der Waals surface area contributed by atoms with Gasteiger partial charge < -0.3 is 5.11 Å². The van der Waals surface area contributed by atoms with E-state index < -0.39 is 20.7 Å². The van der Waals surface area contributed by atoms with E-state index in [0.29, 0.717) is 5.56 Å². The molecule has 0 aromatic heterocycles. The molecule has 1 aromatic carbocycles. The largest absolute Gasteiger partial charge is 0.477 e. The van der Waals surface area contributed by atoms with Gasteiger partial charge in [0, 0.05) is 11.0 Å². The summed E-state index contributed by atoms with van der Waals surface area (Å²) in [5.74, 6) is -1.42. The maximum atomic E-state index is 11.6. The molecule has 0 saturated carbocycles. The summed E-state index contributed by atoms with van der Waals surface area (Å²) in [7, 11) is -3.80. The smallest absolute Gasteiger partial charge is 0.348 e. The fraction of sp³-hybridized carbons (Fsp3) is 0.0833. The highest BCUT2D eigenvalue weighted by Gasteiger charge is 2.31. The number of sulfone groups is 1. The summed E-state index contributed by atoms with van der Waals surface area (Å²) in [5, 5.41) is 9.92. The van der Waals surface area contributed by atoms with E-state index in [1.54, 1.807) is 25.1 Å². The van der Waals surface area contributed by atoms with Gasteiger partial charge in [-0.2, -0.15) is 0 Å². The predicted molar refractivity (Wildman–Crippen MR) is 63.8 cm³/mol. The first-order valence-electron chi connectivity index (χ1n) is 4.90. The van der Waals surface area contributed by atoms with Gasteiger partial charge in [-0.25, -0.2) is 13.2 Å². The molecule has 0 aliphatic carbocycles. The third kappa shape index (κ3) is 1.89. The van der Waals surface area contributed by atoms with E-state index >= 15 is 0 Å². The summed E-state index contributed by atoms with van der Waals surface area (Å²) in [4.78, 5) is 10.5. The van der Waals surface area contributed by atoms with Crippen LogP contribution in [0.25, 0.3) is 5.57 Å². The number of hydrogen-bond acceptors (Lipinski definition) is 3. The molecule has 2 rings (SSSR count). The second-order valence-electron chi connectivity index (χ2n) is 3.71. The van der Waals surface area contributed by atoms with Gasteiger partial charge in [-0.3, -0.25) is 0 Å². The maximum Gasteiger partial charge on any atom is 0.348 e. The number of hydrogen-bond donors (Lipinski definition) is 1. The van der Waals surface area contributed by atoms with Gasteiger partial charge in [0.15, 0.2) is 4.91 Å². The Morgan fingerprint density at radius 2 is 1.88 bits per heavy atom. The van der Waals surface area contributed by atoms with Crippen LogP contribution in [0, 0.1) is 6.92 Å². The first-order valence-corrected chi connectivity index (χ1v) is 6.45. The molecule has 0 amide bonds. The van der Waals surface area contributed by atoms with E-state index in [2.05, 4.69) is 0 Å². The lowest BCUT2D eigenvalue weighted by molar-refractivity contribution is -0.131. The van der Waals surface area contributed by atoms with Crippen molar-refractivity contribution in [2.45, 2.75) is 6.92 Å². The summed E-state index contributed by atoms with van der Waals surface area (Å²) >= 11 is 0. The van der Waals surface area contributed by atoms with E-state index in [4.69, 9.17) is 5.11 Å². The van der Waals surface area contributed by atoms with Gasteiger partial charge in [0.05, 0.1) is 0 Å². The number of aliphatic carboxylic acids is 1. The van der Waals surface area contributed by atoms with Crippen LogP contribution in [0.15, 0.2) is 40.7 Å². The topological polar surface area (TPSA) is 71.4 Å². The van der Waals surface area contributed by atoms with Crippen molar-refractivity contribution < 1.29 is 18.3 Å². The fourth-order valence-corrected chi connectivity index (χ4v) is 2.96. The van der Waals surface area contributed by atoms with Crippen molar-refractivity contribution in [2.24, 2.45) is 0 Å². The molecule has 1 heterocycles. The van der Waals surface area contributed by atoms with Gasteiger partial charge in [-0.1, -0.05) is 24.3 Å². The fourth-order valence-electron chi connectivity index (χ4n) is 1.78. The molecule has 0 spiro atoms. The molecule has 1 aromatic rings. The Morgan fingerprint density at radius 1 is 1.24 bits per heavy atom. The molecule has 17 heavy (non-hydrogen) atoms. The molecule has 88 valence electrons. The van der Waals surface area contributed by atoms with Crippen molar-refractivity contribution in [2.75, 3.05) is 0 Å². The maximum absolute atomic E-state index is 11.6. The monoisotopic (exact) mass is 250 g/mol. The van der Waals surface area contributed by atoms with Crippen molar-refractivity contribution in [3.63, 3.8) is 0 Å². The molecule has 0 bridgehead atoms. The Labute approximate surface area is 98.8 Å². The zero-order valence-electron chi connectivity index (χ0n) is 9.04. The molecular formula is C12H10O4S. The molecule has 0 unspecified atom stereocenters. The molecular weight excluding hydrogens is 240 g/mol. The van der Waals surface area contributed by atoms with Gasteiger partial charge in [0.1, 0.15) is 0 Å². The summed E-state index contributed by atoms with van der Waals surface area (Å²) < 4.78 is 23.1. The third-order valence-corrected chi connectivity index (χ3v) is 4.03. The van der Waals surface area contributed by atoms with Crippen LogP contribution in [-0.2, 0) is 14.6 Å². The highest BCUT2D eigenvalue weighted by molar-refractivity contribution is 7.99. The van der Waals surface area contributed by atoms with E-state index in [9.17, 15) is 13.2 Å². The number of carboxylic acids is 1. The van der Waals surface area contributed by atoms with Gasteiger partial charge in [0.2, 0.25) is 9.84 Å². The van der Waals surface area contributed by atoms with E-state index in [1.807, 2.05) is 6.07 Å². The summed E-state index contributed by atoms with van der Waals surface area (Å²) in [6, 6.07) is 7.07. The van der Waals surface area contributed by atoms with Crippen LogP contribution in [0.4, 0.5) is 0 Å².